The normalized spacial score (nSPS) is 15.9. The van der Waals surface area contributed by atoms with Gasteiger partial charge in [0, 0.05) is 25.3 Å². The highest BCUT2D eigenvalue weighted by Crippen LogP contribution is 2.16. The number of ether oxygens (including phenoxy) is 1. The third-order valence-electron chi connectivity index (χ3n) is 4.38. The Morgan fingerprint density at radius 3 is 2.41 bits per heavy atom. The molecule has 1 amide bonds. The van der Waals surface area contributed by atoms with E-state index in [4.69, 9.17) is 10.5 Å². The fourth-order valence-corrected chi connectivity index (χ4v) is 2.81. The van der Waals surface area contributed by atoms with Crippen LogP contribution in [0.1, 0.15) is 46.1 Å². The molecule has 2 rings (SSSR count). The van der Waals surface area contributed by atoms with Crippen LogP contribution in [0.25, 0.3) is 0 Å². The first-order valence-corrected chi connectivity index (χ1v) is 9.37. The second-order valence-corrected chi connectivity index (χ2v) is 7.98. The van der Waals surface area contributed by atoms with Crippen LogP contribution in [0.2, 0.25) is 0 Å². The molecule has 1 aliphatic rings. The van der Waals surface area contributed by atoms with Crippen LogP contribution in [-0.2, 0) is 11.2 Å². The van der Waals surface area contributed by atoms with Gasteiger partial charge in [-0.25, -0.2) is 4.79 Å². The molecule has 0 bridgehead atoms. The Morgan fingerprint density at radius 1 is 1.26 bits per heavy atom. The summed E-state index contributed by atoms with van der Waals surface area (Å²) in [7, 11) is 0. The Kier molecular flexibility index (Phi) is 9.35. The van der Waals surface area contributed by atoms with Gasteiger partial charge in [-0.2, -0.15) is 0 Å². The summed E-state index contributed by atoms with van der Waals surface area (Å²) in [6, 6.07) is 7.72. The van der Waals surface area contributed by atoms with Crippen LogP contribution < -0.4 is 11.1 Å². The van der Waals surface area contributed by atoms with Crippen LogP contribution in [0, 0.1) is 5.92 Å². The first-order valence-electron chi connectivity index (χ1n) is 9.37. The molecule has 0 spiro atoms. The molecule has 1 fully saturated rings. The number of nitrogens with zero attached hydrogens (tertiary/aromatic N) is 2. The summed E-state index contributed by atoms with van der Waals surface area (Å²) in [5.74, 6) is 1.44. The van der Waals surface area contributed by atoms with Gasteiger partial charge in [-0.3, -0.25) is 10.3 Å². The van der Waals surface area contributed by atoms with Crippen molar-refractivity contribution in [2.45, 2.75) is 52.6 Å². The van der Waals surface area contributed by atoms with E-state index in [1.807, 2.05) is 45.0 Å². The molecular formula is C20H33IN4O2. The maximum Gasteiger partial charge on any atom is 0.412 e. The van der Waals surface area contributed by atoms with Crippen LogP contribution >= 0.6 is 24.0 Å². The third-order valence-corrected chi connectivity index (χ3v) is 4.38. The summed E-state index contributed by atoms with van der Waals surface area (Å²) >= 11 is 0. The lowest BCUT2D eigenvalue weighted by atomic mass is 10.00. The number of hydrogen-bond donors (Lipinski definition) is 2. The summed E-state index contributed by atoms with van der Waals surface area (Å²) in [6.07, 6.45) is 2.74. The first kappa shape index (κ1) is 23.5. The summed E-state index contributed by atoms with van der Waals surface area (Å²) < 4.78 is 5.24. The monoisotopic (exact) mass is 488 g/mol. The fraction of sp³-hybridized carbons (Fsp3) is 0.600. The van der Waals surface area contributed by atoms with Crippen molar-refractivity contribution in [3.8, 4) is 0 Å². The molecule has 0 atom stereocenters. The van der Waals surface area contributed by atoms with E-state index in [0.717, 1.165) is 31.0 Å². The Labute approximate surface area is 179 Å². The molecule has 7 heteroatoms. The second-order valence-electron chi connectivity index (χ2n) is 7.98. The van der Waals surface area contributed by atoms with Crippen molar-refractivity contribution in [1.29, 1.82) is 0 Å². The molecule has 1 aliphatic heterocycles. The minimum absolute atomic E-state index is 0. The van der Waals surface area contributed by atoms with Crippen molar-refractivity contribution in [3.63, 3.8) is 0 Å². The highest BCUT2D eigenvalue weighted by Gasteiger charge is 2.17. The van der Waals surface area contributed by atoms with E-state index >= 15 is 0 Å². The van der Waals surface area contributed by atoms with E-state index in [9.17, 15) is 4.79 Å². The number of nitrogens with two attached hydrogens (primary N) is 1. The molecule has 1 aromatic rings. The number of likely N-dealkylation sites (tertiary alicyclic amines) is 1. The van der Waals surface area contributed by atoms with E-state index in [1.54, 1.807) is 0 Å². The smallest absolute Gasteiger partial charge is 0.412 e. The Hall–Kier alpha value is -1.51. The van der Waals surface area contributed by atoms with Gasteiger partial charge in [-0.05, 0) is 63.6 Å². The number of amides is 1. The van der Waals surface area contributed by atoms with Crippen LogP contribution in [0.3, 0.4) is 0 Å². The zero-order valence-electron chi connectivity index (χ0n) is 16.8. The molecular weight excluding hydrogens is 455 g/mol. The average Bonchev–Trinajstić information content (AvgIpc) is 2.55. The predicted octanol–water partition coefficient (Wildman–Crippen LogP) is 4.24. The van der Waals surface area contributed by atoms with Gasteiger partial charge in [0.15, 0.2) is 5.96 Å². The molecule has 1 aromatic carbocycles. The topological polar surface area (TPSA) is 80.0 Å². The zero-order chi connectivity index (χ0) is 19.2. The molecule has 0 radical (unpaired) electrons. The van der Waals surface area contributed by atoms with Crippen molar-refractivity contribution < 1.29 is 9.53 Å². The average molecular weight is 488 g/mol. The maximum absolute atomic E-state index is 11.8. The summed E-state index contributed by atoms with van der Waals surface area (Å²) in [6.45, 7) is 10.5. The zero-order valence-corrected chi connectivity index (χ0v) is 19.2. The summed E-state index contributed by atoms with van der Waals surface area (Å²) in [4.78, 5) is 18.4. The number of nitrogens with one attached hydrogen (secondary N) is 1. The number of aliphatic imine (C=N–C) groups is 1. The second kappa shape index (κ2) is 10.7. The number of halogens is 1. The SMILES string of the molecule is CC1CCN(C(N)=NCCc2ccc(NC(=O)OC(C)(C)C)cc2)CC1.I. The largest absolute Gasteiger partial charge is 0.444 e. The van der Waals surface area contributed by atoms with Gasteiger partial charge >= 0.3 is 6.09 Å². The lowest BCUT2D eigenvalue weighted by molar-refractivity contribution is 0.0636. The lowest BCUT2D eigenvalue weighted by Crippen LogP contribution is -2.42. The van der Waals surface area contributed by atoms with E-state index in [2.05, 4.69) is 22.1 Å². The molecule has 3 N–H and O–H groups in total. The number of carbonyl (C=O) groups is 1. The van der Waals surface area contributed by atoms with Crippen LogP contribution in [0.15, 0.2) is 29.3 Å². The fourth-order valence-electron chi connectivity index (χ4n) is 2.81. The van der Waals surface area contributed by atoms with Crippen LogP contribution in [0.5, 0.6) is 0 Å². The van der Waals surface area contributed by atoms with Crippen molar-refractivity contribution >= 4 is 41.7 Å². The molecule has 0 saturated carbocycles. The predicted molar refractivity (Wildman–Crippen MR) is 122 cm³/mol. The molecule has 0 aliphatic carbocycles. The van der Waals surface area contributed by atoms with E-state index in [1.165, 1.54) is 12.8 Å². The molecule has 1 saturated heterocycles. The number of anilines is 1. The molecule has 1 heterocycles. The van der Waals surface area contributed by atoms with Crippen LogP contribution in [-0.4, -0.2) is 42.2 Å². The minimum atomic E-state index is -0.506. The van der Waals surface area contributed by atoms with E-state index in [0.29, 0.717) is 18.2 Å². The summed E-state index contributed by atoms with van der Waals surface area (Å²) in [5, 5.41) is 2.73. The highest BCUT2D eigenvalue weighted by molar-refractivity contribution is 14.0. The number of piperidine rings is 1. The van der Waals surface area contributed by atoms with Crippen molar-refractivity contribution in [1.82, 2.24) is 4.90 Å². The van der Waals surface area contributed by atoms with E-state index in [-0.39, 0.29) is 24.0 Å². The van der Waals surface area contributed by atoms with Gasteiger partial charge in [0.1, 0.15) is 5.60 Å². The van der Waals surface area contributed by atoms with Crippen molar-refractivity contribution in [2.75, 3.05) is 25.0 Å². The highest BCUT2D eigenvalue weighted by atomic mass is 127. The number of hydrogen-bond acceptors (Lipinski definition) is 3. The Morgan fingerprint density at radius 2 is 1.85 bits per heavy atom. The molecule has 6 nitrogen and oxygen atoms in total. The molecule has 0 aromatic heterocycles. The van der Waals surface area contributed by atoms with Gasteiger partial charge in [0.2, 0.25) is 0 Å². The number of carbonyl (C=O) groups excluding carboxylic acids is 1. The lowest BCUT2D eigenvalue weighted by Gasteiger charge is -2.31. The summed E-state index contributed by atoms with van der Waals surface area (Å²) in [5.41, 5.74) is 7.47. The quantitative estimate of drug-likeness (QED) is 0.378. The third kappa shape index (κ3) is 8.81. The van der Waals surface area contributed by atoms with Crippen molar-refractivity contribution in [2.24, 2.45) is 16.6 Å². The number of rotatable bonds is 4. The van der Waals surface area contributed by atoms with Gasteiger partial charge in [-0.15, -0.1) is 24.0 Å². The van der Waals surface area contributed by atoms with Gasteiger partial charge in [0.25, 0.3) is 0 Å². The van der Waals surface area contributed by atoms with Gasteiger partial charge in [0.05, 0.1) is 0 Å². The van der Waals surface area contributed by atoms with Gasteiger partial charge < -0.3 is 15.4 Å². The Bertz CT molecular complexity index is 618. The Balaban J connectivity index is 0.00000364. The maximum atomic E-state index is 11.8. The van der Waals surface area contributed by atoms with Gasteiger partial charge in [-0.1, -0.05) is 19.1 Å². The standard InChI is InChI=1S/C20H32N4O2.HI/c1-15-10-13-24(14-11-15)18(21)22-12-9-16-5-7-17(8-6-16)23-19(25)26-20(2,3)4;/h5-8,15H,9-14H2,1-4H3,(H2,21,22)(H,23,25);1H. The first-order chi connectivity index (χ1) is 12.2. The van der Waals surface area contributed by atoms with E-state index < -0.39 is 11.7 Å². The molecule has 27 heavy (non-hydrogen) atoms. The minimum Gasteiger partial charge on any atom is -0.444 e. The van der Waals surface area contributed by atoms with Crippen LogP contribution in [0.4, 0.5) is 10.5 Å². The van der Waals surface area contributed by atoms with Crippen molar-refractivity contribution in [3.05, 3.63) is 29.8 Å². The molecule has 152 valence electrons. The number of guanidine groups is 1. The molecule has 0 unspecified atom stereocenters. The number of benzene rings is 1.